The van der Waals surface area contributed by atoms with Gasteiger partial charge in [-0.05, 0) is 31.2 Å². The minimum atomic E-state index is -0.397. The highest BCUT2D eigenvalue weighted by Gasteiger charge is 2.06. The SMILES string of the molecule is CN(CCc1ccc(F)c(Cl)c1)CC(N)CO. The summed E-state index contributed by atoms with van der Waals surface area (Å²) in [5, 5.41) is 8.98. The average molecular weight is 261 g/mol. The maximum absolute atomic E-state index is 12.9. The lowest BCUT2D eigenvalue weighted by Gasteiger charge is -2.19. The van der Waals surface area contributed by atoms with Crippen LogP contribution in [0, 0.1) is 5.82 Å². The molecule has 1 aromatic carbocycles. The maximum atomic E-state index is 12.9. The Kier molecular flexibility index (Phi) is 5.85. The molecule has 0 fully saturated rings. The first-order valence-corrected chi connectivity index (χ1v) is 5.89. The lowest BCUT2D eigenvalue weighted by Crippen LogP contribution is -2.38. The molecule has 0 heterocycles. The van der Waals surface area contributed by atoms with Crippen LogP contribution in [0.1, 0.15) is 5.56 Å². The second kappa shape index (κ2) is 6.91. The van der Waals surface area contributed by atoms with Crippen LogP contribution in [-0.4, -0.2) is 42.8 Å². The third-order valence-electron chi connectivity index (χ3n) is 2.55. The molecule has 17 heavy (non-hydrogen) atoms. The van der Waals surface area contributed by atoms with Gasteiger partial charge in [0.15, 0.2) is 0 Å². The van der Waals surface area contributed by atoms with E-state index in [1.165, 1.54) is 6.07 Å². The Hall–Kier alpha value is -0.680. The van der Waals surface area contributed by atoms with Crippen molar-refractivity contribution in [3.63, 3.8) is 0 Å². The molecule has 3 N–H and O–H groups in total. The fourth-order valence-electron chi connectivity index (χ4n) is 1.56. The number of nitrogens with two attached hydrogens (primary N) is 1. The van der Waals surface area contributed by atoms with Gasteiger partial charge in [-0.15, -0.1) is 0 Å². The predicted molar refractivity (Wildman–Crippen MR) is 67.7 cm³/mol. The summed E-state index contributed by atoms with van der Waals surface area (Å²) in [5.41, 5.74) is 6.61. The molecule has 1 aromatic rings. The molecule has 1 unspecified atom stereocenters. The Morgan fingerprint density at radius 3 is 2.82 bits per heavy atom. The van der Waals surface area contributed by atoms with Crippen LogP contribution in [0.25, 0.3) is 0 Å². The zero-order chi connectivity index (χ0) is 12.8. The van der Waals surface area contributed by atoms with Crippen molar-refractivity contribution in [1.82, 2.24) is 4.90 Å². The van der Waals surface area contributed by atoms with Crippen molar-refractivity contribution in [3.05, 3.63) is 34.6 Å². The summed E-state index contributed by atoms with van der Waals surface area (Å²) in [6.07, 6.45) is 0.772. The van der Waals surface area contributed by atoms with Gasteiger partial charge in [-0.1, -0.05) is 17.7 Å². The van der Waals surface area contributed by atoms with Crippen molar-refractivity contribution >= 4 is 11.6 Å². The van der Waals surface area contributed by atoms with Gasteiger partial charge in [-0.2, -0.15) is 0 Å². The molecule has 3 nitrogen and oxygen atoms in total. The maximum Gasteiger partial charge on any atom is 0.141 e. The zero-order valence-electron chi connectivity index (χ0n) is 9.87. The van der Waals surface area contributed by atoms with Crippen molar-refractivity contribution in [3.8, 4) is 0 Å². The van der Waals surface area contributed by atoms with E-state index >= 15 is 0 Å². The summed E-state index contributed by atoms with van der Waals surface area (Å²) < 4.78 is 12.9. The fourth-order valence-corrected chi connectivity index (χ4v) is 1.77. The molecule has 96 valence electrons. The lowest BCUT2D eigenvalue weighted by molar-refractivity contribution is 0.222. The summed E-state index contributed by atoms with van der Waals surface area (Å²) in [6.45, 7) is 1.40. The van der Waals surface area contributed by atoms with Gasteiger partial charge in [-0.25, -0.2) is 4.39 Å². The quantitative estimate of drug-likeness (QED) is 0.810. The average Bonchev–Trinajstić information content (AvgIpc) is 2.30. The second-order valence-electron chi connectivity index (χ2n) is 4.20. The number of hydrogen-bond donors (Lipinski definition) is 2. The van der Waals surface area contributed by atoms with Gasteiger partial charge in [-0.3, -0.25) is 0 Å². The third-order valence-corrected chi connectivity index (χ3v) is 2.84. The summed E-state index contributed by atoms with van der Waals surface area (Å²) >= 11 is 5.69. The monoisotopic (exact) mass is 260 g/mol. The largest absolute Gasteiger partial charge is 0.395 e. The summed E-state index contributed by atoms with van der Waals surface area (Å²) in [6, 6.07) is 4.51. The molecule has 0 saturated heterocycles. The molecule has 0 amide bonds. The Labute approximate surface area is 106 Å². The van der Waals surface area contributed by atoms with E-state index < -0.39 is 5.82 Å². The van der Waals surface area contributed by atoms with Crippen molar-refractivity contribution in [2.75, 3.05) is 26.7 Å². The molecular weight excluding hydrogens is 243 g/mol. The second-order valence-corrected chi connectivity index (χ2v) is 4.61. The number of nitrogens with zero attached hydrogens (tertiary/aromatic N) is 1. The fraction of sp³-hybridized carbons (Fsp3) is 0.500. The number of halogens is 2. The lowest BCUT2D eigenvalue weighted by atomic mass is 10.1. The van der Waals surface area contributed by atoms with Gasteiger partial charge in [0.2, 0.25) is 0 Å². The Morgan fingerprint density at radius 2 is 2.24 bits per heavy atom. The smallest absolute Gasteiger partial charge is 0.141 e. The van der Waals surface area contributed by atoms with Gasteiger partial charge < -0.3 is 15.7 Å². The van der Waals surface area contributed by atoms with E-state index in [0.29, 0.717) is 6.54 Å². The summed E-state index contributed by atoms with van der Waals surface area (Å²) in [4.78, 5) is 2.03. The molecule has 0 spiro atoms. The summed E-state index contributed by atoms with van der Waals surface area (Å²) in [7, 11) is 1.93. The molecule has 0 saturated carbocycles. The first kappa shape index (κ1) is 14.4. The van der Waals surface area contributed by atoms with Gasteiger partial charge in [0.1, 0.15) is 5.82 Å². The number of benzene rings is 1. The van der Waals surface area contributed by atoms with E-state index in [4.69, 9.17) is 22.4 Å². The van der Waals surface area contributed by atoms with Gasteiger partial charge >= 0.3 is 0 Å². The van der Waals surface area contributed by atoms with E-state index in [9.17, 15) is 4.39 Å². The van der Waals surface area contributed by atoms with Crippen LogP contribution in [0.4, 0.5) is 4.39 Å². The van der Waals surface area contributed by atoms with E-state index in [2.05, 4.69) is 0 Å². The first-order chi connectivity index (χ1) is 8.02. The van der Waals surface area contributed by atoms with Crippen molar-refractivity contribution < 1.29 is 9.50 Å². The molecule has 5 heteroatoms. The van der Waals surface area contributed by atoms with Gasteiger partial charge in [0.05, 0.1) is 11.6 Å². The minimum Gasteiger partial charge on any atom is -0.395 e. The topological polar surface area (TPSA) is 49.5 Å². The van der Waals surface area contributed by atoms with Crippen molar-refractivity contribution in [2.45, 2.75) is 12.5 Å². The number of hydrogen-bond acceptors (Lipinski definition) is 3. The number of rotatable bonds is 6. The molecule has 0 radical (unpaired) electrons. The van der Waals surface area contributed by atoms with E-state index in [1.54, 1.807) is 12.1 Å². The van der Waals surface area contributed by atoms with E-state index in [0.717, 1.165) is 18.5 Å². The van der Waals surface area contributed by atoms with E-state index in [-0.39, 0.29) is 17.7 Å². The molecule has 0 aliphatic heterocycles. The molecule has 0 aromatic heterocycles. The third kappa shape index (κ3) is 5.00. The first-order valence-electron chi connectivity index (χ1n) is 5.52. The Bertz CT molecular complexity index is 362. The number of aliphatic hydroxyl groups excluding tert-OH is 1. The van der Waals surface area contributed by atoms with Crippen LogP contribution in [0.3, 0.4) is 0 Å². The molecule has 1 atom stereocenters. The Morgan fingerprint density at radius 1 is 1.53 bits per heavy atom. The van der Waals surface area contributed by atoms with Gasteiger partial charge in [0, 0.05) is 19.1 Å². The van der Waals surface area contributed by atoms with Crippen LogP contribution >= 0.6 is 11.6 Å². The molecule has 1 rings (SSSR count). The van der Waals surface area contributed by atoms with Gasteiger partial charge in [0.25, 0.3) is 0 Å². The van der Waals surface area contributed by atoms with E-state index in [1.807, 2.05) is 11.9 Å². The number of aliphatic hydroxyl groups is 1. The van der Waals surface area contributed by atoms with Crippen LogP contribution in [0.5, 0.6) is 0 Å². The standard InChI is InChI=1S/C12H18ClFN2O/c1-16(7-10(15)8-17)5-4-9-2-3-12(14)11(13)6-9/h2-3,6,10,17H,4-5,7-8,15H2,1H3. The Balaban J connectivity index is 2.42. The zero-order valence-corrected chi connectivity index (χ0v) is 10.6. The highest BCUT2D eigenvalue weighted by molar-refractivity contribution is 6.30. The number of likely N-dealkylation sites (N-methyl/N-ethyl adjacent to an activating group) is 1. The molecular formula is C12H18ClFN2O. The highest BCUT2D eigenvalue weighted by atomic mass is 35.5. The summed E-state index contributed by atoms with van der Waals surface area (Å²) in [5.74, 6) is -0.397. The van der Waals surface area contributed by atoms with Crippen LogP contribution in [0.2, 0.25) is 5.02 Å². The van der Waals surface area contributed by atoms with Crippen molar-refractivity contribution in [2.24, 2.45) is 5.73 Å². The predicted octanol–water partition coefficient (Wildman–Crippen LogP) is 1.27. The minimum absolute atomic E-state index is 0.0211. The normalized spacial score (nSPS) is 13.1. The van der Waals surface area contributed by atoms with Crippen LogP contribution < -0.4 is 5.73 Å². The molecule has 0 bridgehead atoms. The van der Waals surface area contributed by atoms with Crippen LogP contribution in [-0.2, 0) is 6.42 Å². The van der Waals surface area contributed by atoms with Crippen LogP contribution in [0.15, 0.2) is 18.2 Å². The molecule has 0 aliphatic rings. The molecule has 0 aliphatic carbocycles. The van der Waals surface area contributed by atoms with Crippen molar-refractivity contribution in [1.29, 1.82) is 0 Å². The highest BCUT2D eigenvalue weighted by Crippen LogP contribution is 2.16.